The van der Waals surface area contributed by atoms with Crippen LogP contribution in [-0.4, -0.2) is 33.6 Å². The number of ether oxygens (including phenoxy) is 5. The summed E-state index contributed by atoms with van der Waals surface area (Å²) in [6.07, 6.45) is 12.8. The zero-order chi connectivity index (χ0) is 27.2. The van der Waals surface area contributed by atoms with Crippen molar-refractivity contribution in [2.24, 2.45) is 0 Å². The summed E-state index contributed by atoms with van der Waals surface area (Å²) < 4.78 is 30.7. The molecule has 0 atom stereocenters. The SMILES string of the molecule is CCCCCCCCCCOC(=O)Cc1c2[n+](cc3c(OC)c(OC)ccc13)CCc1cc3c(cc1-2)OCO3. The number of hydrogen-bond acceptors (Lipinski definition) is 6. The Morgan fingerprint density at radius 1 is 0.923 bits per heavy atom. The lowest BCUT2D eigenvalue weighted by Crippen LogP contribution is -2.41. The van der Waals surface area contributed by atoms with E-state index in [1.54, 1.807) is 14.2 Å². The molecule has 2 aliphatic heterocycles. The second kappa shape index (κ2) is 12.6. The van der Waals surface area contributed by atoms with Crippen LogP contribution in [0, 0.1) is 0 Å². The molecule has 0 spiro atoms. The average molecular weight is 535 g/mol. The van der Waals surface area contributed by atoms with Gasteiger partial charge in [0.1, 0.15) is 0 Å². The maximum absolute atomic E-state index is 13.2. The largest absolute Gasteiger partial charge is 0.493 e. The molecule has 0 saturated carbocycles. The number of aromatic nitrogens is 1. The van der Waals surface area contributed by atoms with Gasteiger partial charge in [0.05, 0.1) is 38.2 Å². The molecule has 0 aliphatic carbocycles. The van der Waals surface area contributed by atoms with Crippen LogP contribution in [0.4, 0.5) is 0 Å². The number of nitrogens with zero attached hydrogens (tertiary/aromatic N) is 1. The molecule has 0 amide bonds. The Morgan fingerprint density at radius 2 is 1.67 bits per heavy atom. The number of pyridine rings is 1. The van der Waals surface area contributed by atoms with E-state index in [4.69, 9.17) is 23.7 Å². The maximum Gasteiger partial charge on any atom is 0.310 e. The number of aryl methyl sites for hydroxylation is 2. The molecule has 1 aromatic heterocycles. The van der Waals surface area contributed by atoms with Gasteiger partial charge in [-0.3, -0.25) is 4.79 Å². The van der Waals surface area contributed by atoms with Crippen molar-refractivity contribution in [1.82, 2.24) is 0 Å². The van der Waals surface area contributed by atoms with Crippen LogP contribution < -0.4 is 23.5 Å². The Kier molecular flexibility index (Phi) is 8.74. The van der Waals surface area contributed by atoms with Crippen LogP contribution in [0.1, 0.15) is 69.4 Å². The number of hydrogen-bond donors (Lipinski definition) is 0. The van der Waals surface area contributed by atoms with Crippen molar-refractivity contribution < 1.29 is 33.0 Å². The Balaban J connectivity index is 1.41. The van der Waals surface area contributed by atoms with Gasteiger partial charge in [-0.25, -0.2) is 0 Å². The molecule has 2 aliphatic rings. The Morgan fingerprint density at radius 3 is 2.41 bits per heavy atom. The fraction of sp³-hybridized carbons (Fsp3) is 0.500. The number of carbonyl (C=O) groups excluding carboxylic acids is 1. The normalized spacial score (nSPS) is 13.2. The van der Waals surface area contributed by atoms with Crippen LogP contribution >= 0.6 is 0 Å². The van der Waals surface area contributed by atoms with E-state index in [-0.39, 0.29) is 19.2 Å². The average Bonchev–Trinajstić information content (AvgIpc) is 3.41. The van der Waals surface area contributed by atoms with Crippen molar-refractivity contribution in [3.63, 3.8) is 0 Å². The molecule has 3 heterocycles. The number of esters is 1. The molecule has 0 unspecified atom stereocenters. The molecule has 39 heavy (non-hydrogen) atoms. The summed E-state index contributed by atoms with van der Waals surface area (Å²) in [6.45, 7) is 3.70. The van der Waals surface area contributed by atoms with E-state index < -0.39 is 0 Å². The molecule has 0 fully saturated rings. The molecule has 0 bridgehead atoms. The van der Waals surface area contributed by atoms with Gasteiger partial charge in [-0.05, 0) is 36.2 Å². The van der Waals surface area contributed by atoms with Crippen molar-refractivity contribution in [3.05, 3.63) is 41.6 Å². The maximum atomic E-state index is 13.2. The third-order valence-corrected chi connectivity index (χ3v) is 7.82. The third-order valence-electron chi connectivity index (χ3n) is 7.82. The summed E-state index contributed by atoms with van der Waals surface area (Å²) in [5.74, 6) is 2.62. The van der Waals surface area contributed by atoms with Crippen LogP contribution in [0.5, 0.6) is 23.0 Å². The van der Waals surface area contributed by atoms with Gasteiger partial charge in [-0.15, -0.1) is 0 Å². The number of methoxy groups -OCH3 is 2. The van der Waals surface area contributed by atoms with Crippen molar-refractivity contribution in [2.75, 3.05) is 27.6 Å². The van der Waals surface area contributed by atoms with Crippen LogP contribution in [0.3, 0.4) is 0 Å². The minimum absolute atomic E-state index is 0.174. The zero-order valence-corrected chi connectivity index (χ0v) is 23.5. The van der Waals surface area contributed by atoms with E-state index >= 15 is 0 Å². The first-order chi connectivity index (χ1) is 19.1. The number of benzene rings is 2. The monoisotopic (exact) mass is 534 g/mol. The molecular formula is C32H40NO6+. The predicted octanol–water partition coefficient (Wildman–Crippen LogP) is 6.32. The first kappa shape index (κ1) is 27.1. The smallest absolute Gasteiger partial charge is 0.310 e. The summed E-state index contributed by atoms with van der Waals surface area (Å²) in [5, 5.41) is 1.86. The molecule has 208 valence electrons. The fourth-order valence-corrected chi connectivity index (χ4v) is 5.81. The first-order valence-corrected chi connectivity index (χ1v) is 14.3. The van der Waals surface area contributed by atoms with Gasteiger partial charge in [0.15, 0.2) is 35.7 Å². The lowest BCUT2D eigenvalue weighted by atomic mass is 9.90. The third kappa shape index (κ3) is 5.77. The number of fused-ring (bicyclic) bond motifs is 5. The predicted molar refractivity (Wildman–Crippen MR) is 150 cm³/mol. The molecule has 5 rings (SSSR count). The van der Waals surface area contributed by atoms with Gasteiger partial charge in [0.2, 0.25) is 12.5 Å². The fourth-order valence-electron chi connectivity index (χ4n) is 5.81. The van der Waals surface area contributed by atoms with E-state index in [0.717, 1.165) is 64.9 Å². The first-order valence-electron chi connectivity index (χ1n) is 14.3. The molecule has 0 saturated heterocycles. The molecule has 7 heteroatoms. The second-order valence-electron chi connectivity index (χ2n) is 10.4. The van der Waals surface area contributed by atoms with Crippen molar-refractivity contribution in [3.8, 4) is 34.3 Å². The minimum Gasteiger partial charge on any atom is -0.493 e. The van der Waals surface area contributed by atoms with E-state index in [0.29, 0.717) is 18.1 Å². The molecule has 0 radical (unpaired) electrons. The van der Waals surface area contributed by atoms with Crippen molar-refractivity contribution in [1.29, 1.82) is 0 Å². The van der Waals surface area contributed by atoms with Crippen LogP contribution in [0.25, 0.3) is 22.0 Å². The zero-order valence-electron chi connectivity index (χ0n) is 23.5. The lowest BCUT2D eigenvalue weighted by molar-refractivity contribution is -0.686. The Hall–Kier alpha value is -3.48. The molecular weight excluding hydrogens is 494 g/mol. The summed E-state index contributed by atoms with van der Waals surface area (Å²) in [6, 6.07) is 8.03. The highest BCUT2D eigenvalue weighted by atomic mass is 16.7. The van der Waals surface area contributed by atoms with Crippen LogP contribution in [0.15, 0.2) is 30.5 Å². The molecule has 2 aromatic carbocycles. The van der Waals surface area contributed by atoms with Crippen LogP contribution in [-0.2, 0) is 28.9 Å². The number of carbonyl (C=O) groups is 1. The quantitative estimate of drug-likeness (QED) is 0.145. The van der Waals surface area contributed by atoms with Gasteiger partial charge in [-0.1, -0.05) is 51.9 Å². The molecule has 0 N–H and O–H groups in total. The van der Waals surface area contributed by atoms with Crippen molar-refractivity contribution >= 4 is 16.7 Å². The number of unbranched alkanes of at least 4 members (excludes halogenated alkanes) is 7. The Bertz CT molecular complexity index is 1330. The summed E-state index contributed by atoms with van der Waals surface area (Å²) in [7, 11) is 3.28. The van der Waals surface area contributed by atoms with E-state index in [1.165, 1.54) is 44.1 Å². The summed E-state index contributed by atoms with van der Waals surface area (Å²) in [5.41, 5.74) is 4.19. The lowest BCUT2D eigenvalue weighted by Gasteiger charge is -2.20. The van der Waals surface area contributed by atoms with E-state index in [9.17, 15) is 4.79 Å². The van der Waals surface area contributed by atoms with E-state index in [1.807, 2.05) is 18.2 Å². The summed E-state index contributed by atoms with van der Waals surface area (Å²) in [4.78, 5) is 13.2. The van der Waals surface area contributed by atoms with Gasteiger partial charge in [-0.2, -0.15) is 4.57 Å². The minimum atomic E-state index is -0.212. The molecule has 7 nitrogen and oxygen atoms in total. The highest BCUT2D eigenvalue weighted by Gasteiger charge is 2.33. The standard InChI is InChI=1S/C32H40NO6/c1-4-5-6-7-8-9-10-11-16-37-30(34)19-25-23-12-13-27(35-2)32(36-3)26(23)20-33-15-14-22-17-28-29(39-21-38-28)18-24(22)31(25)33/h12-13,17-18,20H,4-11,14-16,19,21H2,1-3H3/q+1. The highest BCUT2D eigenvalue weighted by molar-refractivity contribution is 5.97. The topological polar surface area (TPSA) is 67.1 Å². The summed E-state index contributed by atoms with van der Waals surface area (Å²) >= 11 is 0. The van der Waals surface area contributed by atoms with Crippen LogP contribution in [0.2, 0.25) is 0 Å². The van der Waals surface area contributed by atoms with Gasteiger partial charge in [0.25, 0.3) is 0 Å². The Labute approximate surface area is 231 Å². The van der Waals surface area contributed by atoms with Crippen molar-refractivity contribution in [2.45, 2.75) is 77.7 Å². The number of rotatable bonds is 13. The molecule has 3 aromatic rings. The second-order valence-corrected chi connectivity index (χ2v) is 10.4. The highest BCUT2D eigenvalue weighted by Crippen LogP contribution is 2.43. The van der Waals surface area contributed by atoms with Gasteiger partial charge < -0.3 is 23.7 Å². The van der Waals surface area contributed by atoms with Gasteiger partial charge >= 0.3 is 5.97 Å². The van der Waals surface area contributed by atoms with Gasteiger partial charge in [0, 0.05) is 17.4 Å². The van der Waals surface area contributed by atoms with E-state index in [2.05, 4.69) is 23.8 Å².